The van der Waals surface area contributed by atoms with Gasteiger partial charge in [0.25, 0.3) is 0 Å². The molecule has 6 aromatic carbocycles. The zero-order valence-corrected chi connectivity index (χ0v) is 28.9. The van der Waals surface area contributed by atoms with Crippen molar-refractivity contribution in [1.82, 2.24) is 0 Å². The maximum absolute atomic E-state index is 2.46. The third-order valence-electron chi connectivity index (χ3n) is 9.96. The molecule has 0 unspecified atom stereocenters. The van der Waals surface area contributed by atoms with Gasteiger partial charge in [0, 0.05) is 39.5 Å². The predicted molar refractivity (Wildman–Crippen MR) is 202 cm³/mol. The van der Waals surface area contributed by atoms with E-state index in [1.54, 1.807) is 0 Å². The second-order valence-corrected chi connectivity index (χ2v) is 14.0. The van der Waals surface area contributed by atoms with Crippen LogP contribution in [-0.2, 0) is 5.41 Å². The van der Waals surface area contributed by atoms with Crippen LogP contribution in [0.2, 0.25) is 0 Å². The Morgan fingerprint density at radius 1 is 0.362 bits per heavy atom. The van der Waals surface area contributed by atoms with Gasteiger partial charge >= 0.3 is 0 Å². The second-order valence-electron chi connectivity index (χ2n) is 14.0. The van der Waals surface area contributed by atoms with Gasteiger partial charge < -0.3 is 9.80 Å². The Morgan fingerprint density at radius 2 is 0.617 bits per heavy atom. The number of benzene rings is 6. The standard InChI is InChI=1S/C45H44N2/c1-29-9-17-35(18-10-29)46(36-19-11-30(2)12-20-36)43-27-41-39(25-33(43)5)40-26-34(6)44(28-42(40)45(41,7)8)47(37-21-13-31(3)14-22-37)38-23-15-32(4)16-24-38/h9-28H,1-8H3. The minimum atomic E-state index is -0.186. The summed E-state index contributed by atoms with van der Waals surface area (Å²) in [4.78, 5) is 4.83. The summed E-state index contributed by atoms with van der Waals surface area (Å²) in [5.41, 5.74) is 19.9. The van der Waals surface area contributed by atoms with Crippen LogP contribution in [-0.4, -0.2) is 0 Å². The molecule has 0 radical (unpaired) electrons. The molecule has 1 aliphatic carbocycles. The molecule has 0 heterocycles. The van der Waals surface area contributed by atoms with E-state index in [2.05, 4.69) is 187 Å². The molecule has 0 aromatic heterocycles. The Labute approximate surface area is 281 Å². The summed E-state index contributed by atoms with van der Waals surface area (Å²) in [7, 11) is 0. The van der Waals surface area contributed by atoms with Gasteiger partial charge in [-0.15, -0.1) is 0 Å². The summed E-state index contributed by atoms with van der Waals surface area (Å²) >= 11 is 0. The lowest BCUT2D eigenvalue weighted by Crippen LogP contribution is -2.18. The van der Waals surface area contributed by atoms with Crippen LogP contribution < -0.4 is 9.80 Å². The Morgan fingerprint density at radius 3 is 0.872 bits per heavy atom. The van der Waals surface area contributed by atoms with Crippen molar-refractivity contribution in [1.29, 1.82) is 0 Å². The van der Waals surface area contributed by atoms with E-state index in [9.17, 15) is 0 Å². The topological polar surface area (TPSA) is 6.48 Å². The first-order valence-electron chi connectivity index (χ1n) is 16.7. The molecule has 2 heteroatoms. The van der Waals surface area contributed by atoms with Gasteiger partial charge in [-0.3, -0.25) is 0 Å². The van der Waals surface area contributed by atoms with E-state index in [-0.39, 0.29) is 5.41 Å². The average Bonchev–Trinajstić information content (AvgIpc) is 3.25. The number of hydrogen-bond acceptors (Lipinski definition) is 2. The van der Waals surface area contributed by atoms with Crippen molar-refractivity contribution in [2.45, 2.75) is 60.8 Å². The molecule has 1 aliphatic rings. The quantitative estimate of drug-likeness (QED) is 0.185. The summed E-state index contributed by atoms with van der Waals surface area (Å²) < 4.78 is 0. The van der Waals surface area contributed by atoms with E-state index in [0.717, 1.165) is 0 Å². The molecule has 0 aliphatic heterocycles. The molecule has 0 saturated carbocycles. The minimum absolute atomic E-state index is 0.186. The normalized spacial score (nSPS) is 12.9. The van der Waals surface area contributed by atoms with Crippen LogP contribution in [0.25, 0.3) is 11.1 Å². The fourth-order valence-electron chi connectivity index (χ4n) is 7.13. The molecule has 47 heavy (non-hydrogen) atoms. The SMILES string of the molecule is Cc1ccc(N(c2ccc(C)cc2)c2cc3c(cc2C)-c2cc(C)c(N(c4ccc(C)cc4)c4ccc(C)cc4)cc2C3(C)C)cc1. The summed E-state index contributed by atoms with van der Waals surface area (Å²) in [5.74, 6) is 0. The number of fused-ring (bicyclic) bond motifs is 3. The summed E-state index contributed by atoms with van der Waals surface area (Å²) in [6.45, 7) is 17.9. The lowest BCUT2D eigenvalue weighted by molar-refractivity contribution is 0.660. The molecule has 0 fully saturated rings. The number of aryl methyl sites for hydroxylation is 6. The van der Waals surface area contributed by atoms with Crippen LogP contribution in [0.3, 0.4) is 0 Å². The van der Waals surface area contributed by atoms with Crippen molar-refractivity contribution < 1.29 is 0 Å². The van der Waals surface area contributed by atoms with Gasteiger partial charge in [0.05, 0.1) is 0 Å². The average molecular weight is 613 g/mol. The van der Waals surface area contributed by atoms with Gasteiger partial charge in [0.2, 0.25) is 0 Å². The van der Waals surface area contributed by atoms with Crippen molar-refractivity contribution in [2.24, 2.45) is 0 Å². The zero-order chi connectivity index (χ0) is 33.0. The zero-order valence-electron chi connectivity index (χ0n) is 28.9. The maximum Gasteiger partial charge on any atom is 0.0494 e. The summed E-state index contributed by atoms with van der Waals surface area (Å²) in [5, 5.41) is 0. The highest BCUT2D eigenvalue weighted by Crippen LogP contribution is 2.54. The molecule has 0 atom stereocenters. The molecule has 0 saturated heterocycles. The highest BCUT2D eigenvalue weighted by Gasteiger charge is 2.38. The van der Waals surface area contributed by atoms with E-state index >= 15 is 0 Å². The van der Waals surface area contributed by atoms with Crippen LogP contribution in [0, 0.1) is 41.5 Å². The number of hydrogen-bond donors (Lipinski definition) is 0. The Kier molecular flexibility index (Phi) is 7.56. The first kappa shape index (κ1) is 30.6. The maximum atomic E-state index is 2.46. The molecule has 0 amide bonds. The molecular weight excluding hydrogens is 569 g/mol. The molecule has 2 nitrogen and oxygen atoms in total. The van der Waals surface area contributed by atoms with Crippen LogP contribution >= 0.6 is 0 Å². The lowest BCUT2D eigenvalue weighted by Gasteiger charge is -2.30. The smallest absolute Gasteiger partial charge is 0.0494 e. The van der Waals surface area contributed by atoms with Crippen LogP contribution in [0.15, 0.2) is 121 Å². The predicted octanol–water partition coefficient (Wildman–Crippen LogP) is 12.8. The monoisotopic (exact) mass is 612 g/mol. The number of nitrogens with zero attached hydrogens (tertiary/aromatic N) is 2. The van der Waals surface area contributed by atoms with Gasteiger partial charge in [-0.1, -0.05) is 84.6 Å². The van der Waals surface area contributed by atoms with Crippen LogP contribution in [0.4, 0.5) is 34.1 Å². The molecule has 0 spiro atoms. The van der Waals surface area contributed by atoms with Crippen molar-refractivity contribution >= 4 is 34.1 Å². The van der Waals surface area contributed by atoms with Gasteiger partial charge in [-0.05, 0) is 148 Å². The Bertz CT molecular complexity index is 1840. The first-order chi connectivity index (χ1) is 22.5. The first-order valence-corrected chi connectivity index (χ1v) is 16.7. The second kappa shape index (κ2) is 11.6. The van der Waals surface area contributed by atoms with Gasteiger partial charge in [-0.25, -0.2) is 0 Å². The number of anilines is 6. The van der Waals surface area contributed by atoms with E-state index in [0.29, 0.717) is 0 Å². The van der Waals surface area contributed by atoms with Gasteiger partial charge in [-0.2, -0.15) is 0 Å². The molecule has 7 rings (SSSR count). The molecular formula is C45H44N2. The van der Waals surface area contributed by atoms with E-state index in [1.807, 2.05) is 0 Å². The van der Waals surface area contributed by atoms with E-state index in [4.69, 9.17) is 0 Å². The van der Waals surface area contributed by atoms with Crippen LogP contribution in [0.5, 0.6) is 0 Å². The molecule has 0 N–H and O–H groups in total. The van der Waals surface area contributed by atoms with Crippen molar-refractivity contribution in [2.75, 3.05) is 9.80 Å². The summed E-state index contributed by atoms with van der Waals surface area (Å²) in [6, 6.07) is 45.3. The Balaban J connectivity index is 1.39. The van der Waals surface area contributed by atoms with Crippen molar-refractivity contribution in [3.8, 4) is 11.1 Å². The fourth-order valence-corrected chi connectivity index (χ4v) is 7.13. The highest BCUT2D eigenvalue weighted by molar-refractivity contribution is 5.90. The van der Waals surface area contributed by atoms with Crippen LogP contribution in [0.1, 0.15) is 58.4 Å². The van der Waals surface area contributed by atoms with Gasteiger partial charge in [0.1, 0.15) is 0 Å². The highest BCUT2D eigenvalue weighted by atomic mass is 15.1. The van der Waals surface area contributed by atoms with E-state index in [1.165, 1.54) is 89.8 Å². The third-order valence-corrected chi connectivity index (χ3v) is 9.96. The number of rotatable bonds is 6. The molecule has 234 valence electrons. The molecule has 0 bridgehead atoms. The van der Waals surface area contributed by atoms with E-state index < -0.39 is 0 Å². The molecule has 6 aromatic rings. The largest absolute Gasteiger partial charge is 0.310 e. The minimum Gasteiger partial charge on any atom is -0.310 e. The van der Waals surface area contributed by atoms with Crippen molar-refractivity contribution in [3.05, 3.63) is 166 Å². The third kappa shape index (κ3) is 5.42. The lowest BCUT2D eigenvalue weighted by atomic mass is 9.81. The van der Waals surface area contributed by atoms with Gasteiger partial charge in [0.15, 0.2) is 0 Å². The van der Waals surface area contributed by atoms with Crippen molar-refractivity contribution in [3.63, 3.8) is 0 Å². The summed E-state index contributed by atoms with van der Waals surface area (Å²) in [6.07, 6.45) is 0. The fraction of sp³-hybridized carbons (Fsp3) is 0.200. The Hall–Kier alpha value is -5.08.